The fourth-order valence-electron chi connectivity index (χ4n) is 2.01. The second-order valence-electron chi connectivity index (χ2n) is 4.99. The molecule has 0 amide bonds. The summed E-state index contributed by atoms with van der Waals surface area (Å²) in [6, 6.07) is 3.40. The molecule has 0 unspecified atom stereocenters. The van der Waals surface area contributed by atoms with E-state index in [4.69, 9.17) is 14.3 Å². The van der Waals surface area contributed by atoms with E-state index in [0.717, 1.165) is 19.1 Å². The first-order valence-electron chi connectivity index (χ1n) is 7.48. The largest absolute Gasteiger partial charge is 0.478 e. The Kier molecular flexibility index (Phi) is 5.94. The van der Waals surface area contributed by atoms with Gasteiger partial charge >= 0.3 is 5.97 Å². The van der Waals surface area contributed by atoms with Crippen molar-refractivity contribution in [2.45, 2.75) is 39.0 Å². The number of nitrogens with zero attached hydrogens (tertiary/aromatic N) is 2. The van der Waals surface area contributed by atoms with Crippen molar-refractivity contribution in [1.82, 2.24) is 9.97 Å². The standard InChI is InChI=1S/C16H20N2O4/c1-2-3-4-5-6-9-21-14-10-12(7-8-17-14)15-18-13(11-22-15)16(19)20/h7-8,10-11H,2-6,9H2,1H3,(H,19,20). The number of carboxylic acid groups (broad SMARTS) is 1. The first-order chi connectivity index (χ1) is 10.7. The average Bonchev–Trinajstić information content (AvgIpc) is 3.01. The smallest absolute Gasteiger partial charge is 0.357 e. The van der Waals surface area contributed by atoms with Crippen LogP contribution in [0.2, 0.25) is 0 Å². The summed E-state index contributed by atoms with van der Waals surface area (Å²) < 4.78 is 10.8. The highest BCUT2D eigenvalue weighted by atomic mass is 16.5. The van der Waals surface area contributed by atoms with Crippen LogP contribution < -0.4 is 4.74 Å². The summed E-state index contributed by atoms with van der Waals surface area (Å²) in [5.74, 6) is -0.386. The van der Waals surface area contributed by atoms with Gasteiger partial charge in [0.05, 0.1) is 6.61 Å². The summed E-state index contributed by atoms with van der Waals surface area (Å²) in [6.07, 6.45) is 8.55. The number of ether oxygens (including phenoxy) is 1. The zero-order valence-corrected chi connectivity index (χ0v) is 12.6. The minimum atomic E-state index is -1.12. The zero-order chi connectivity index (χ0) is 15.8. The van der Waals surface area contributed by atoms with Gasteiger partial charge in [0.15, 0.2) is 5.69 Å². The number of carbonyl (C=O) groups is 1. The van der Waals surface area contributed by atoms with Gasteiger partial charge < -0.3 is 14.3 Å². The second kappa shape index (κ2) is 8.17. The van der Waals surface area contributed by atoms with Crippen LogP contribution in [0.15, 0.2) is 29.0 Å². The third kappa shape index (κ3) is 4.58. The fraction of sp³-hybridized carbons (Fsp3) is 0.438. The number of hydrogen-bond acceptors (Lipinski definition) is 5. The number of pyridine rings is 1. The molecule has 6 heteroatoms. The summed E-state index contributed by atoms with van der Waals surface area (Å²) in [5.41, 5.74) is 0.522. The van der Waals surface area contributed by atoms with Gasteiger partial charge in [0.2, 0.25) is 11.8 Å². The van der Waals surface area contributed by atoms with Crippen molar-refractivity contribution in [2.75, 3.05) is 6.61 Å². The van der Waals surface area contributed by atoms with Crippen molar-refractivity contribution in [3.05, 3.63) is 30.3 Å². The van der Waals surface area contributed by atoms with Gasteiger partial charge in [-0.05, 0) is 12.5 Å². The first-order valence-corrected chi connectivity index (χ1v) is 7.48. The van der Waals surface area contributed by atoms with Gasteiger partial charge in [0.1, 0.15) is 6.26 Å². The van der Waals surface area contributed by atoms with Gasteiger partial charge in [0.25, 0.3) is 0 Å². The van der Waals surface area contributed by atoms with Crippen molar-refractivity contribution in [1.29, 1.82) is 0 Å². The Morgan fingerprint density at radius 2 is 2.14 bits per heavy atom. The molecule has 0 aromatic carbocycles. The Balaban J connectivity index is 1.90. The Bertz CT molecular complexity index is 610. The Morgan fingerprint density at radius 3 is 2.86 bits per heavy atom. The third-order valence-corrected chi connectivity index (χ3v) is 3.20. The Labute approximate surface area is 129 Å². The van der Waals surface area contributed by atoms with Crippen LogP contribution >= 0.6 is 0 Å². The van der Waals surface area contributed by atoms with Gasteiger partial charge in [-0.2, -0.15) is 0 Å². The minimum Gasteiger partial charge on any atom is -0.478 e. The van der Waals surface area contributed by atoms with E-state index in [-0.39, 0.29) is 11.6 Å². The Hall–Kier alpha value is -2.37. The van der Waals surface area contributed by atoms with Gasteiger partial charge in [-0.3, -0.25) is 0 Å². The quantitative estimate of drug-likeness (QED) is 0.709. The van der Waals surface area contributed by atoms with Crippen LogP contribution in [0.3, 0.4) is 0 Å². The number of carboxylic acids is 1. The molecule has 22 heavy (non-hydrogen) atoms. The van der Waals surface area contributed by atoms with E-state index < -0.39 is 5.97 Å². The summed E-state index contributed by atoms with van der Waals surface area (Å²) >= 11 is 0. The topological polar surface area (TPSA) is 85.5 Å². The van der Waals surface area contributed by atoms with E-state index >= 15 is 0 Å². The van der Waals surface area contributed by atoms with Crippen LogP contribution in [0.25, 0.3) is 11.5 Å². The van der Waals surface area contributed by atoms with E-state index in [0.29, 0.717) is 18.1 Å². The summed E-state index contributed by atoms with van der Waals surface area (Å²) in [7, 11) is 0. The molecular weight excluding hydrogens is 284 g/mol. The van der Waals surface area contributed by atoms with Crippen molar-refractivity contribution >= 4 is 5.97 Å². The molecule has 2 aromatic heterocycles. The number of rotatable bonds is 9. The molecule has 0 spiro atoms. The first kappa shape index (κ1) is 16.0. The lowest BCUT2D eigenvalue weighted by Crippen LogP contribution is -1.99. The lowest BCUT2D eigenvalue weighted by atomic mass is 10.2. The molecule has 2 aromatic rings. The van der Waals surface area contributed by atoms with E-state index in [1.165, 1.54) is 19.3 Å². The zero-order valence-electron chi connectivity index (χ0n) is 12.6. The number of aromatic nitrogens is 2. The highest BCUT2D eigenvalue weighted by Crippen LogP contribution is 2.21. The minimum absolute atomic E-state index is 0.120. The van der Waals surface area contributed by atoms with E-state index in [2.05, 4.69) is 16.9 Å². The average molecular weight is 304 g/mol. The summed E-state index contributed by atoms with van der Waals surface area (Å²) in [4.78, 5) is 18.8. The van der Waals surface area contributed by atoms with Gasteiger partial charge in [-0.1, -0.05) is 32.6 Å². The lowest BCUT2D eigenvalue weighted by Gasteiger charge is -2.05. The van der Waals surface area contributed by atoms with Crippen LogP contribution in [-0.2, 0) is 0 Å². The van der Waals surface area contributed by atoms with Crippen LogP contribution in [0.5, 0.6) is 5.88 Å². The molecule has 118 valence electrons. The highest BCUT2D eigenvalue weighted by Gasteiger charge is 2.12. The maximum Gasteiger partial charge on any atom is 0.357 e. The normalized spacial score (nSPS) is 10.6. The SMILES string of the molecule is CCCCCCCOc1cc(-c2nc(C(=O)O)co2)ccn1. The number of hydrogen-bond donors (Lipinski definition) is 1. The summed E-state index contributed by atoms with van der Waals surface area (Å²) in [6.45, 7) is 2.80. The molecule has 2 rings (SSSR count). The van der Waals surface area contributed by atoms with Crippen LogP contribution in [0.1, 0.15) is 49.5 Å². The molecule has 0 radical (unpaired) electrons. The fourth-order valence-corrected chi connectivity index (χ4v) is 2.01. The van der Waals surface area contributed by atoms with E-state index in [9.17, 15) is 4.79 Å². The van der Waals surface area contributed by atoms with Gasteiger partial charge in [-0.15, -0.1) is 0 Å². The lowest BCUT2D eigenvalue weighted by molar-refractivity contribution is 0.0690. The third-order valence-electron chi connectivity index (χ3n) is 3.20. The monoisotopic (exact) mass is 304 g/mol. The van der Waals surface area contributed by atoms with Crippen LogP contribution in [-0.4, -0.2) is 27.7 Å². The molecule has 0 bridgehead atoms. The van der Waals surface area contributed by atoms with Gasteiger partial charge in [0, 0.05) is 17.8 Å². The second-order valence-corrected chi connectivity index (χ2v) is 4.99. The molecule has 0 aliphatic carbocycles. The van der Waals surface area contributed by atoms with Crippen molar-refractivity contribution in [3.8, 4) is 17.3 Å². The molecule has 0 saturated heterocycles. The molecule has 0 fully saturated rings. The molecular formula is C16H20N2O4. The number of aromatic carboxylic acids is 1. The van der Waals surface area contributed by atoms with E-state index in [1.807, 2.05) is 0 Å². The highest BCUT2D eigenvalue weighted by molar-refractivity contribution is 5.85. The van der Waals surface area contributed by atoms with Crippen molar-refractivity contribution in [3.63, 3.8) is 0 Å². The maximum absolute atomic E-state index is 10.8. The van der Waals surface area contributed by atoms with Crippen molar-refractivity contribution in [2.24, 2.45) is 0 Å². The molecule has 6 nitrogen and oxygen atoms in total. The van der Waals surface area contributed by atoms with Crippen molar-refractivity contribution < 1.29 is 19.1 Å². The molecule has 0 aliphatic heterocycles. The van der Waals surface area contributed by atoms with Crippen LogP contribution in [0, 0.1) is 0 Å². The predicted octanol–water partition coefficient (Wildman–Crippen LogP) is 3.78. The van der Waals surface area contributed by atoms with Crippen LogP contribution in [0.4, 0.5) is 0 Å². The maximum atomic E-state index is 10.8. The summed E-state index contributed by atoms with van der Waals surface area (Å²) in [5, 5.41) is 8.84. The van der Waals surface area contributed by atoms with E-state index in [1.54, 1.807) is 18.3 Å². The van der Waals surface area contributed by atoms with Gasteiger partial charge in [-0.25, -0.2) is 14.8 Å². The molecule has 0 atom stereocenters. The number of unbranched alkanes of at least 4 members (excludes halogenated alkanes) is 4. The molecule has 0 saturated carbocycles. The number of oxazole rings is 1. The Morgan fingerprint density at radius 1 is 1.32 bits per heavy atom. The molecule has 1 N–H and O–H groups in total. The predicted molar refractivity (Wildman–Crippen MR) is 80.9 cm³/mol. The molecule has 0 aliphatic rings. The molecule has 2 heterocycles.